The predicted molar refractivity (Wildman–Crippen MR) is 63.4 cm³/mol. The maximum atomic E-state index is 5.52. The first-order valence-corrected chi connectivity index (χ1v) is 6.62. The molecule has 0 saturated heterocycles. The van der Waals surface area contributed by atoms with E-state index in [9.17, 15) is 0 Å². The summed E-state index contributed by atoms with van der Waals surface area (Å²) in [5.74, 6) is 0. The molecule has 0 fully saturated rings. The van der Waals surface area contributed by atoms with Crippen LogP contribution in [0.25, 0.3) is 0 Å². The zero-order chi connectivity index (χ0) is 11.4. The highest BCUT2D eigenvalue weighted by molar-refractivity contribution is 7.52. The molecule has 0 amide bonds. The highest BCUT2D eigenvalue weighted by Gasteiger charge is 2.06. The Morgan fingerprint density at radius 2 is 1.53 bits per heavy atom. The van der Waals surface area contributed by atoms with Gasteiger partial charge in [0.25, 0.3) is 8.38 Å². The SMILES string of the molecule is CCCCOP(C#COC)OCCCC. The van der Waals surface area contributed by atoms with Crippen LogP contribution in [0.1, 0.15) is 39.5 Å². The first-order chi connectivity index (χ1) is 7.35. The number of ether oxygens (including phenoxy) is 1. The van der Waals surface area contributed by atoms with Crippen LogP contribution in [0.3, 0.4) is 0 Å². The van der Waals surface area contributed by atoms with E-state index in [1.54, 1.807) is 7.11 Å². The second-order valence-electron chi connectivity index (χ2n) is 3.05. The van der Waals surface area contributed by atoms with E-state index in [1.807, 2.05) is 0 Å². The zero-order valence-electron chi connectivity index (χ0n) is 9.91. The average molecular weight is 232 g/mol. The summed E-state index contributed by atoms with van der Waals surface area (Å²) in [7, 11) is 0.464. The molecule has 0 aromatic rings. The van der Waals surface area contributed by atoms with Crippen LogP contribution >= 0.6 is 8.38 Å². The molecule has 0 aliphatic rings. The maximum Gasteiger partial charge on any atom is 0.260 e. The minimum absolute atomic E-state index is 0.715. The molecule has 88 valence electrons. The summed E-state index contributed by atoms with van der Waals surface area (Å²) < 4.78 is 15.7. The minimum Gasteiger partial charge on any atom is -0.450 e. The van der Waals surface area contributed by atoms with Gasteiger partial charge in [-0.15, -0.1) is 0 Å². The number of unbranched alkanes of at least 4 members (excludes halogenated alkanes) is 2. The molecule has 0 heterocycles. The lowest BCUT2D eigenvalue weighted by Crippen LogP contribution is -1.94. The summed E-state index contributed by atoms with van der Waals surface area (Å²) in [4.78, 5) is 0. The van der Waals surface area contributed by atoms with Crippen molar-refractivity contribution >= 4 is 8.38 Å². The van der Waals surface area contributed by atoms with Crippen molar-refractivity contribution in [3.05, 3.63) is 0 Å². The van der Waals surface area contributed by atoms with Crippen LogP contribution in [-0.4, -0.2) is 20.3 Å². The van der Waals surface area contributed by atoms with Crippen molar-refractivity contribution in [1.29, 1.82) is 0 Å². The van der Waals surface area contributed by atoms with Gasteiger partial charge in [-0.1, -0.05) is 26.7 Å². The molecule has 0 aliphatic heterocycles. The molecule has 0 aromatic heterocycles. The predicted octanol–water partition coefficient (Wildman–Crippen LogP) is 3.50. The van der Waals surface area contributed by atoms with Gasteiger partial charge in [0.2, 0.25) is 0 Å². The molecule has 4 heteroatoms. The van der Waals surface area contributed by atoms with Crippen molar-refractivity contribution in [1.82, 2.24) is 0 Å². The molecule has 0 rings (SSSR count). The molecular weight excluding hydrogens is 211 g/mol. The Labute approximate surface area is 94.4 Å². The fourth-order valence-corrected chi connectivity index (χ4v) is 1.73. The monoisotopic (exact) mass is 232 g/mol. The van der Waals surface area contributed by atoms with Gasteiger partial charge in [-0.05, 0) is 12.8 Å². The molecule has 15 heavy (non-hydrogen) atoms. The Morgan fingerprint density at radius 1 is 1.00 bits per heavy atom. The highest BCUT2D eigenvalue weighted by Crippen LogP contribution is 2.37. The minimum atomic E-state index is -1.08. The van der Waals surface area contributed by atoms with Crippen LogP contribution in [0.15, 0.2) is 0 Å². The van der Waals surface area contributed by atoms with E-state index in [2.05, 4.69) is 30.4 Å². The quantitative estimate of drug-likeness (QED) is 0.364. The van der Waals surface area contributed by atoms with E-state index >= 15 is 0 Å². The summed E-state index contributed by atoms with van der Waals surface area (Å²) in [5.41, 5.74) is 2.84. The normalized spacial score (nSPS) is 9.87. The van der Waals surface area contributed by atoms with E-state index in [-0.39, 0.29) is 0 Å². The second kappa shape index (κ2) is 11.8. The van der Waals surface area contributed by atoms with Gasteiger partial charge in [0, 0.05) is 5.66 Å². The molecule has 3 nitrogen and oxygen atoms in total. The lowest BCUT2D eigenvalue weighted by atomic mass is 10.4. The van der Waals surface area contributed by atoms with Crippen LogP contribution in [0.2, 0.25) is 0 Å². The van der Waals surface area contributed by atoms with Gasteiger partial charge in [-0.25, -0.2) is 0 Å². The van der Waals surface area contributed by atoms with Crippen LogP contribution in [0.4, 0.5) is 0 Å². The average Bonchev–Trinajstić information content (AvgIpc) is 2.25. The zero-order valence-corrected chi connectivity index (χ0v) is 10.8. The summed E-state index contributed by atoms with van der Waals surface area (Å²) in [6.07, 6.45) is 6.87. The van der Waals surface area contributed by atoms with Crippen molar-refractivity contribution in [2.45, 2.75) is 39.5 Å². The highest BCUT2D eigenvalue weighted by atomic mass is 31.2. The molecule has 0 saturated carbocycles. The van der Waals surface area contributed by atoms with E-state index in [0.29, 0.717) is 13.2 Å². The van der Waals surface area contributed by atoms with Crippen LogP contribution in [-0.2, 0) is 13.8 Å². The van der Waals surface area contributed by atoms with Gasteiger partial charge in [-0.3, -0.25) is 0 Å². The van der Waals surface area contributed by atoms with E-state index < -0.39 is 8.38 Å². The van der Waals surface area contributed by atoms with Gasteiger partial charge in [0.05, 0.1) is 20.3 Å². The largest absolute Gasteiger partial charge is 0.450 e. The number of hydrogen-bond donors (Lipinski definition) is 0. The number of rotatable bonds is 8. The molecule has 0 aromatic carbocycles. The Bertz CT molecular complexity index is 176. The number of methoxy groups -OCH3 is 1. The third-order valence-corrected chi connectivity index (χ3v) is 2.76. The van der Waals surface area contributed by atoms with Crippen molar-refractivity contribution in [3.8, 4) is 11.8 Å². The summed E-state index contributed by atoms with van der Waals surface area (Å²) >= 11 is 0. The van der Waals surface area contributed by atoms with Gasteiger partial charge in [0.15, 0.2) is 0 Å². The Balaban J connectivity index is 3.73. The molecule has 0 spiro atoms. The van der Waals surface area contributed by atoms with Crippen LogP contribution < -0.4 is 0 Å². The van der Waals surface area contributed by atoms with Gasteiger partial charge < -0.3 is 13.8 Å². The first-order valence-electron chi connectivity index (χ1n) is 5.44. The topological polar surface area (TPSA) is 27.7 Å². The molecule has 0 atom stereocenters. The van der Waals surface area contributed by atoms with Crippen molar-refractivity contribution in [2.24, 2.45) is 0 Å². The summed E-state index contributed by atoms with van der Waals surface area (Å²) in [6.45, 7) is 5.69. The molecule has 0 aliphatic carbocycles. The number of hydrogen-bond acceptors (Lipinski definition) is 3. The van der Waals surface area contributed by atoms with E-state index in [1.165, 1.54) is 0 Å². The van der Waals surface area contributed by atoms with Crippen molar-refractivity contribution in [2.75, 3.05) is 20.3 Å². The first kappa shape index (κ1) is 14.7. The van der Waals surface area contributed by atoms with Gasteiger partial charge >= 0.3 is 0 Å². The van der Waals surface area contributed by atoms with E-state index in [4.69, 9.17) is 9.05 Å². The van der Waals surface area contributed by atoms with Crippen molar-refractivity contribution in [3.63, 3.8) is 0 Å². The van der Waals surface area contributed by atoms with Crippen molar-refractivity contribution < 1.29 is 13.8 Å². The fourth-order valence-electron chi connectivity index (χ4n) is 0.768. The van der Waals surface area contributed by atoms with Gasteiger partial charge in [-0.2, -0.15) is 0 Å². The lowest BCUT2D eigenvalue weighted by Gasteiger charge is -2.10. The standard InChI is InChI=1S/C11H21O3P/c1-4-6-8-13-15(11-10-12-3)14-9-7-5-2/h4-9H2,1-3H3. The molecular formula is C11H21O3P. The van der Waals surface area contributed by atoms with Crippen LogP contribution in [0.5, 0.6) is 0 Å². The fraction of sp³-hybridized carbons (Fsp3) is 0.818. The molecule has 0 radical (unpaired) electrons. The maximum absolute atomic E-state index is 5.52. The summed E-state index contributed by atoms with van der Waals surface area (Å²) in [5, 5.41) is 0. The lowest BCUT2D eigenvalue weighted by molar-refractivity contribution is 0.250. The summed E-state index contributed by atoms with van der Waals surface area (Å²) in [6, 6.07) is 0. The third-order valence-electron chi connectivity index (χ3n) is 1.65. The molecule has 0 unspecified atom stereocenters. The smallest absolute Gasteiger partial charge is 0.260 e. The Kier molecular flexibility index (Phi) is 11.6. The Morgan fingerprint density at radius 3 is 1.93 bits per heavy atom. The molecule has 0 N–H and O–H groups in total. The van der Waals surface area contributed by atoms with Crippen LogP contribution in [0, 0.1) is 11.8 Å². The Hall–Kier alpha value is -0.290. The van der Waals surface area contributed by atoms with E-state index in [0.717, 1.165) is 25.7 Å². The third kappa shape index (κ3) is 10.0. The van der Waals surface area contributed by atoms with Gasteiger partial charge in [0.1, 0.15) is 6.11 Å². The second-order valence-corrected chi connectivity index (χ2v) is 4.30. The molecule has 0 bridgehead atoms.